The molecule has 24 nitrogen and oxygen atoms in total. The van der Waals surface area contributed by atoms with Crippen molar-refractivity contribution in [3.8, 4) is 33.8 Å². The summed E-state index contributed by atoms with van der Waals surface area (Å²) < 4.78 is 19.8. The smallest absolute Gasteiger partial charge is 0.246 e. The summed E-state index contributed by atoms with van der Waals surface area (Å²) in [5, 5.41) is 18.0. The predicted octanol–water partition coefficient (Wildman–Crippen LogP) is 15.1. The largest absolute Gasteiger partial charge is 0.383 e. The van der Waals surface area contributed by atoms with Crippen LogP contribution in [0.3, 0.4) is 0 Å². The molecule has 3 atom stereocenters. The first-order valence-electron chi connectivity index (χ1n) is 37.9. The molecule has 0 aliphatic carbocycles. The van der Waals surface area contributed by atoms with E-state index in [1.807, 2.05) is 113 Å². The van der Waals surface area contributed by atoms with Gasteiger partial charge in [-0.15, -0.1) is 0 Å². The van der Waals surface area contributed by atoms with Gasteiger partial charge in [0.05, 0.1) is 39.8 Å². The Bertz CT molecular complexity index is 5670. The maximum absolute atomic E-state index is 14.2. The van der Waals surface area contributed by atoms with Crippen molar-refractivity contribution in [2.24, 2.45) is 0 Å². The summed E-state index contributed by atoms with van der Waals surface area (Å²) in [5.74, 6) is 0.256. The zero-order chi connectivity index (χ0) is 80.4. The van der Waals surface area contributed by atoms with Crippen LogP contribution in [0.15, 0.2) is 184 Å². The number of benzene rings is 6. The number of carbonyl (C=O) groups excluding carboxylic acids is 6. The number of piperidine rings is 3. The maximum atomic E-state index is 14.2. The molecule has 9 heterocycles. The number of nitrogen functional groups attached to an aromatic ring is 3. The van der Waals surface area contributed by atoms with Gasteiger partial charge in [0.1, 0.15) is 59.3 Å². The third-order valence-corrected chi connectivity index (χ3v) is 21.8. The van der Waals surface area contributed by atoms with Crippen LogP contribution in [0.5, 0.6) is 0 Å². The van der Waals surface area contributed by atoms with E-state index in [0.717, 1.165) is 83.0 Å². The fraction of sp³-hybridized carbons (Fsp3) is 0.276. The Kier molecular flexibility index (Phi) is 24.8. The minimum atomic E-state index is -0.484. The number of anilines is 3. The van der Waals surface area contributed by atoms with Crippen LogP contribution in [0.2, 0.25) is 10.0 Å². The molecule has 6 N–H and O–H groups in total. The number of hydrogen-bond acceptors (Lipinski definition) is 18. The van der Waals surface area contributed by atoms with Crippen LogP contribution in [-0.2, 0) is 33.6 Å². The van der Waals surface area contributed by atoms with Crippen LogP contribution in [0.25, 0.3) is 66.9 Å². The first-order chi connectivity index (χ1) is 55.1. The summed E-state index contributed by atoms with van der Waals surface area (Å²) in [6, 6.07) is 39.0. The van der Waals surface area contributed by atoms with Crippen molar-refractivity contribution in [2.45, 2.75) is 116 Å². The van der Waals surface area contributed by atoms with Gasteiger partial charge in [0, 0.05) is 96.4 Å². The number of likely N-dealkylation sites (tertiary alicyclic amines) is 3. The minimum absolute atomic E-state index is 0.0280. The average Bonchev–Trinajstić information content (AvgIpc) is 1.62. The molecule has 27 heteroatoms. The molecule has 3 fully saturated rings. The highest BCUT2D eigenvalue weighted by atomic mass is 35.5. The number of aromatic nitrogens is 12. The molecule has 0 bridgehead atoms. The van der Waals surface area contributed by atoms with Crippen molar-refractivity contribution >= 4 is 109 Å². The predicted molar refractivity (Wildman–Crippen MR) is 442 cm³/mol. The monoisotopic (exact) mass is 1570 g/mol. The van der Waals surface area contributed by atoms with Crippen LogP contribution in [0.4, 0.5) is 21.8 Å². The fourth-order valence-electron chi connectivity index (χ4n) is 15.3. The zero-order valence-corrected chi connectivity index (χ0v) is 65.2. The van der Waals surface area contributed by atoms with Crippen molar-refractivity contribution in [2.75, 3.05) is 56.5 Å². The summed E-state index contributed by atoms with van der Waals surface area (Å²) >= 11 is 12.1. The first kappa shape index (κ1) is 79.6. The van der Waals surface area contributed by atoms with Crippen LogP contribution >= 0.6 is 23.2 Å². The standard InChI is InChI=1S/2C29H29ClN6O2.C29H29FN6O2/c1-3-25(38)35-14-4-5-22(16-35)36-29-26(28(31)32-17-33-29)27(34-36)20-10-7-19(8-11-20)9-13-24(37)23-15-21(30)12-6-18(23)2;1-3-25(38)35-14-4-5-22(16-35)36-29-26(28(31)32-17-33-29)27(34-36)20-9-6-19(7-10-20)8-13-24(37)23-12-11-21(30)15-18(23)2;1-3-24(38)35-15-5-7-21(16-35)36-29-26(28(31)32-17-33-29)27(34-36)20-12-9-19(10-13-20)11-14-23(37)25-18(2)6-4-8-22(25)30/h3,6-8,10-12,15,17,22H,1,4-5,9,13-14,16H2,2H3,(H2,31,32,33);3,6-7,9-12,15,17,22H,1,4-5,8,13-14,16H2,2H3,(H2,31,32,33);3-4,6,8-10,12-13,17,21H,1,5,7,11,14-16H2,2H3,(H2,31,32,33)/t2*22-;21-/m111/s1. The van der Waals surface area contributed by atoms with Gasteiger partial charge in [0.15, 0.2) is 34.3 Å². The number of nitrogens with zero attached hydrogens (tertiary/aromatic N) is 15. The number of Topliss-reactive ketones (excluding diaryl/α,β-unsaturated/α-hetero) is 3. The number of halogens is 3. The molecule has 114 heavy (non-hydrogen) atoms. The lowest BCUT2D eigenvalue weighted by atomic mass is 9.98. The Labute approximate surface area is 668 Å². The topological polar surface area (TPSA) is 321 Å². The van der Waals surface area contributed by atoms with Crippen molar-refractivity contribution in [1.82, 2.24) is 73.9 Å². The van der Waals surface area contributed by atoms with Gasteiger partial charge in [0.2, 0.25) is 17.7 Å². The molecular weight excluding hydrogens is 1480 g/mol. The van der Waals surface area contributed by atoms with Crippen LogP contribution in [0.1, 0.15) is 140 Å². The maximum Gasteiger partial charge on any atom is 0.246 e. The van der Waals surface area contributed by atoms with Crippen molar-refractivity contribution in [1.29, 1.82) is 0 Å². The van der Waals surface area contributed by atoms with Gasteiger partial charge in [-0.2, -0.15) is 15.3 Å². The van der Waals surface area contributed by atoms with Gasteiger partial charge in [-0.3, -0.25) is 28.8 Å². The Morgan fingerprint density at radius 2 is 0.798 bits per heavy atom. The molecule has 3 aliphatic rings. The number of amides is 3. The summed E-state index contributed by atoms with van der Waals surface area (Å²) in [6.07, 6.45) is 16.2. The normalized spacial score (nSPS) is 15.5. The molecule has 3 saturated heterocycles. The number of aryl methyl sites for hydroxylation is 6. The number of nitrogens with two attached hydrogens (primary N) is 3. The minimum Gasteiger partial charge on any atom is -0.383 e. The molecule has 6 aromatic carbocycles. The lowest BCUT2D eigenvalue weighted by Crippen LogP contribution is -2.40. The molecule has 0 spiro atoms. The van der Waals surface area contributed by atoms with E-state index in [2.05, 4.69) is 49.6 Å². The van der Waals surface area contributed by atoms with Gasteiger partial charge in [-0.25, -0.2) is 48.3 Å². The molecule has 12 aromatic rings. The SMILES string of the molecule is C=CC(=O)N1CCC[C@@H](n2nc(-c3ccc(CCC(=O)c4c(C)cccc4F)cc3)c3c(N)ncnc32)C1.C=CC(=O)N1CCC[C@@H](n2nc(-c3ccc(CCC(=O)c4cc(Cl)ccc4C)cc3)c3c(N)ncnc32)C1.C=CC(=O)N1CCC[C@@H](n2nc(-c3ccc(CCC(=O)c4ccc(Cl)cc4C)cc3)c3c(N)ncnc32)C1. The highest BCUT2D eigenvalue weighted by Gasteiger charge is 2.32. The molecule has 3 amide bonds. The molecule has 3 aliphatic heterocycles. The van der Waals surface area contributed by atoms with Crippen molar-refractivity contribution in [3.63, 3.8) is 0 Å². The van der Waals surface area contributed by atoms with Crippen LogP contribution < -0.4 is 17.2 Å². The van der Waals surface area contributed by atoms with E-state index in [-0.39, 0.29) is 65.2 Å². The average molecular weight is 1570 g/mol. The molecule has 582 valence electrons. The molecule has 6 aromatic heterocycles. The molecule has 0 radical (unpaired) electrons. The van der Waals surface area contributed by atoms with E-state index < -0.39 is 5.82 Å². The van der Waals surface area contributed by atoms with E-state index in [1.54, 1.807) is 58.0 Å². The summed E-state index contributed by atoms with van der Waals surface area (Å²) in [5.41, 5.74) is 32.5. The van der Waals surface area contributed by atoms with Gasteiger partial charge < -0.3 is 31.9 Å². The third kappa shape index (κ3) is 17.6. The number of ketones is 3. The van der Waals surface area contributed by atoms with E-state index in [1.165, 1.54) is 43.3 Å². The summed E-state index contributed by atoms with van der Waals surface area (Å²) in [6.45, 7) is 20.1. The molecular formula is C87H87Cl2FN18O6. The van der Waals surface area contributed by atoms with E-state index in [0.29, 0.717) is 166 Å². The van der Waals surface area contributed by atoms with E-state index >= 15 is 0 Å². The zero-order valence-electron chi connectivity index (χ0n) is 63.7. The van der Waals surface area contributed by atoms with E-state index in [4.69, 9.17) is 55.7 Å². The number of fused-ring (bicyclic) bond motifs is 3. The number of carbonyl (C=O) groups is 6. The summed E-state index contributed by atoms with van der Waals surface area (Å²) in [4.78, 5) is 106. The Hall–Kier alpha value is -12.5. The van der Waals surface area contributed by atoms with Gasteiger partial charge in [0.25, 0.3) is 0 Å². The lowest BCUT2D eigenvalue weighted by molar-refractivity contribution is -0.128. The van der Waals surface area contributed by atoms with Crippen molar-refractivity contribution in [3.05, 3.63) is 250 Å². The lowest BCUT2D eigenvalue weighted by Gasteiger charge is -2.32. The van der Waals surface area contributed by atoms with Crippen LogP contribution in [-0.4, -0.2) is 148 Å². The number of rotatable bonds is 21. The third-order valence-electron chi connectivity index (χ3n) is 21.3. The highest BCUT2D eigenvalue weighted by molar-refractivity contribution is 6.31. The molecule has 15 rings (SSSR count). The second-order valence-electron chi connectivity index (χ2n) is 28.8. The van der Waals surface area contributed by atoms with Gasteiger partial charge in [-0.05, 0) is 167 Å². The summed E-state index contributed by atoms with van der Waals surface area (Å²) in [7, 11) is 0. The second-order valence-corrected chi connectivity index (χ2v) is 29.7. The van der Waals surface area contributed by atoms with Gasteiger partial charge in [-0.1, -0.05) is 134 Å². The number of hydrogen-bond donors (Lipinski definition) is 3. The van der Waals surface area contributed by atoms with Gasteiger partial charge >= 0.3 is 0 Å². The Morgan fingerprint density at radius 3 is 1.17 bits per heavy atom. The second kappa shape index (κ2) is 35.5. The quantitative estimate of drug-likeness (QED) is 0.0444. The van der Waals surface area contributed by atoms with Crippen LogP contribution in [0, 0.1) is 26.6 Å². The highest BCUT2D eigenvalue weighted by Crippen LogP contribution is 2.39. The first-order valence-corrected chi connectivity index (χ1v) is 38.7. The Balaban J connectivity index is 0.000000149. The Morgan fingerprint density at radius 1 is 0.439 bits per heavy atom. The fourth-order valence-corrected chi connectivity index (χ4v) is 15.7. The van der Waals surface area contributed by atoms with E-state index in [9.17, 15) is 33.2 Å². The van der Waals surface area contributed by atoms with Crippen molar-refractivity contribution < 1.29 is 33.2 Å². The molecule has 0 saturated carbocycles. The molecule has 0 unspecified atom stereocenters.